The van der Waals surface area contributed by atoms with Gasteiger partial charge in [0, 0.05) is 18.2 Å². The van der Waals surface area contributed by atoms with E-state index in [1.807, 2.05) is 6.07 Å². The number of fused-ring (bicyclic) bond motifs is 2. The molecule has 3 rings (SSSR count). The third-order valence-electron chi connectivity index (χ3n) is 4.50. The van der Waals surface area contributed by atoms with Crippen LogP contribution >= 0.6 is 0 Å². The number of anilines is 1. The highest BCUT2D eigenvalue weighted by Gasteiger charge is 2.44. The summed E-state index contributed by atoms with van der Waals surface area (Å²) in [5.74, 6) is 1.28. The number of nitrogens with zero attached hydrogens (tertiary/aromatic N) is 1. The van der Waals surface area contributed by atoms with Gasteiger partial charge in [-0.2, -0.15) is 0 Å². The first kappa shape index (κ1) is 12.9. The minimum absolute atomic E-state index is 0.451. The van der Waals surface area contributed by atoms with Gasteiger partial charge in [-0.25, -0.2) is 4.98 Å². The summed E-state index contributed by atoms with van der Waals surface area (Å²) in [5.41, 5.74) is 7.12. The highest BCUT2D eigenvalue weighted by Crippen LogP contribution is 2.41. The predicted octanol–water partition coefficient (Wildman–Crippen LogP) is 1.75. The number of nitrogens with one attached hydrogen (secondary N) is 1. The van der Waals surface area contributed by atoms with Crippen LogP contribution in [0.4, 0.5) is 5.82 Å². The molecule has 2 bridgehead atoms. The first-order valence-electron chi connectivity index (χ1n) is 7.36. The number of rotatable bonds is 5. The Kier molecular flexibility index (Phi) is 3.71. The van der Waals surface area contributed by atoms with Gasteiger partial charge in [0.2, 0.25) is 0 Å². The van der Waals surface area contributed by atoms with Crippen LogP contribution in [0.15, 0.2) is 18.3 Å². The Bertz CT molecular complexity index is 437. The van der Waals surface area contributed by atoms with Gasteiger partial charge in [0.05, 0.1) is 12.2 Å². The number of ether oxygens (including phenoxy) is 1. The van der Waals surface area contributed by atoms with Gasteiger partial charge in [-0.05, 0) is 43.9 Å². The van der Waals surface area contributed by atoms with Crippen molar-refractivity contribution in [1.29, 1.82) is 0 Å². The molecule has 0 aromatic carbocycles. The third kappa shape index (κ3) is 2.60. The molecule has 104 valence electrons. The van der Waals surface area contributed by atoms with E-state index in [0.29, 0.717) is 30.0 Å². The number of nitrogens with two attached hydrogens (primary N) is 1. The lowest BCUT2D eigenvalue weighted by Gasteiger charge is -2.29. The Balaban J connectivity index is 1.73. The van der Waals surface area contributed by atoms with Gasteiger partial charge in [0.25, 0.3) is 0 Å². The zero-order valence-corrected chi connectivity index (χ0v) is 11.5. The fourth-order valence-corrected chi connectivity index (χ4v) is 3.60. The van der Waals surface area contributed by atoms with Gasteiger partial charge in [-0.1, -0.05) is 13.0 Å². The Labute approximate surface area is 114 Å². The van der Waals surface area contributed by atoms with Crippen LogP contribution in [0.3, 0.4) is 0 Å². The molecule has 3 heterocycles. The second kappa shape index (κ2) is 5.47. The molecule has 4 unspecified atom stereocenters. The van der Waals surface area contributed by atoms with E-state index in [9.17, 15) is 0 Å². The summed E-state index contributed by atoms with van der Waals surface area (Å²) in [4.78, 5) is 4.19. The van der Waals surface area contributed by atoms with E-state index in [2.05, 4.69) is 23.3 Å². The molecule has 0 spiro atoms. The number of hydrogen-bond donors (Lipinski definition) is 2. The fraction of sp³-hybridized carbons (Fsp3) is 0.667. The van der Waals surface area contributed by atoms with E-state index in [-0.39, 0.29) is 0 Å². The van der Waals surface area contributed by atoms with Crippen molar-refractivity contribution in [2.75, 3.05) is 12.3 Å². The number of nitrogen functional groups attached to an aromatic ring is 1. The lowest BCUT2D eigenvalue weighted by molar-refractivity contribution is 0.0858. The van der Waals surface area contributed by atoms with Crippen molar-refractivity contribution in [2.45, 2.75) is 50.9 Å². The van der Waals surface area contributed by atoms with E-state index < -0.39 is 0 Å². The maximum absolute atomic E-state index is 5.99. The summed E-state index contributed by atoms with van der Waals surface area (Å²) in [6, 6.07) is 4.50. The third-order valence-corrected chi connectivity index (χ3v) is 4.50. The molecule has 19 heavy (non-hydrogen) atoms. The van der Waals surface area contributed by atoms with E-state index in [4.69, 9.17) is 10.5 Å². The van der Waals surface area contributed by atoms with Crippen LogP contribution in [0.25, 0.3) is 0 Å². The molecule has 1 aromatic heterocycles. The van der Waals surface area contributed by atoms with Crippen molar-refractivity contribution >= 4 is 5.82 Å². The lowest BCUT2D eigenvalue weighted by Crippen LogP contribution is -2.42. The molecule has 4 atom stereocenters. The highest BCUT2D eigenvalue weighted by atomic mass is 16.5. The van der Waals surface area contributed by atoms with Gasteiger partial charge < -0.3 is 15.8 Å². The molecular weight excluding hydrogens is 238 g/mol. The van der Waals surface area contributed by atoms with Gasteiger partial charge >= 0.3 is 0 Å². The Hall–Kier alpha value is -1.13. The summed E-state index contributed by atoms with van der Waals surface area (Å²) < 4.78 is 5.99. The number of aromatic nitrogens is 1. The standard InChI is InChI=1S/C15H23N3O/c1-2-17-13(8-10-4-3-7-18-15(10)16)12-9-11-5-6-14(12)19-11/h3-4,7,11-14,17H,2,5-6,8-9H2,1H3,(H2,16,18). The van der Waals surface area contributed by atoms with Crippen molar-refractivity contribution in [1.82, 2.24) is 10.3 Å². The second-order valence-electron chi connectivity index (χ2n) is 5.69. The molecule has 4 nitrogen and oxygen atoms in total. The normalized spacial score (nSPS) is 30.7. The molecule has 2 aliphatic heterocycles. The first-order valence-corrected chi connectivity index (χ1v) is 7.36. The average molecular weight is 261 g/mol. The first-order chi connectivity index (χ1) is 9.28. The molecule has 2 fully saturated rings. The molecule has 4 heteroatoms. The summed E-state index contributed by atoms with van der Waals surface area (Å²) in [6.07, 6.45) is 7.32. The molecule has 2 saturated heterocycles. The van der Waals surface area contributed by atoms with Crippen molar-refractivity contribution in [2.24, 2.45) is 5.92 Å². The maximum atomic E-state index is 5.99. The highest BCUT2D eigenvalue weighted by molar-refractivity contribution is 5.39. The zero-order chi connectivity index (χ0) is 13.2. The minimum atomic E-state index is 0.451. The van der Waals surface area contributed by atoms with Crippen LogP contribution in [-0.2, 0) is 11.2 Å². The molecule has 2 aliphatic rings. The van der Waals surface area contributed by atoms with Crippen molar-refractivity contribution in [3.63, 3.8) is 0 Å². The van der Waals surface area contributed by atoms with Gasteiger partial charge in [0.1, 0.15) is 5.82 Å². The summed E-state index contributed by atoms with van der Waals surface area (Å²) in [6.45, 7) is 3.15. The summed E-state index contributed by atoms with van der Waals surface area (Å²) >= 11 is 0. The summed E-state index contributed by atoms with van der Waals surface area (Å²) in [5, 5.41) is 3.62. The fourth-order valence-electron chi connectivity index (χ4n) is 3.60. The van der Waals surface area contributed by atoms with E-state index in [1.165, 1.54) is 19.3 Å². The number of likely N-dealkylation sites (N-methyl/N-ethyl adjacent to an activating group) is 1. The van der Waals surface area contributed by atoms with Crippen LogP contribution in [0.2, 0.25) is 0 Å². The van der Waals surface area contributed by atoms with Crippen molar-refractivity contribution in [3.8, 4) is 0 Å². The van der Waals surface area contributed by atoms with Crippen molar-refractivity contribution in [3.05, 3.63) is 23.9 Å². The van der Waals surface area contributed by atoms with Crippen LogP contribution in [0.5, 0.6) is 0 Å². The zero-order valence-electron chi connectivity index (χ0n) is 11.5. The molecule has 3 N–H and O–H groups in total. The topological polar surface area (TPSA) is 60.2 Å². The summed E-state index contributed by atoms with van der Waals surface area (Å²) in [7, 11) is 0. The quantitative estimate of drug-likeness (QED) is 0.848. The maximum Gasteiger partial charge on any atom is 0.126 e. The molecule has 0 saturated carbocycles. The molecule has 0 aliphatic carbocycles. The Morgan fingerprint density at radius 2 is 2.42 bits per heavy atom. The smallest absolute Gasteiger partial charge is 0.126 e. The SMILES string of the molecule is CCNC(Cc1cccnc1N)C1CC2CCC1O2. The van der Waals surface area contributed by atoms with Crippen LogP contribution in [0, 0.1) is 5.92 Å². The number of hydrogen-bond acceptors (Lipinski definition) is 4. The van der Waals surface area contributed by atoms with E-state index in [0.717, 1.165) is 18.5 Å². The van der Waals surface area contributed by atoms with Crippen LogP contribution in [-0.4, -0.2) is 29.8 Å². The second-order valence-corrected chi connectivity index (χ2v) is 5.69. The van der Waals surface area contributed by atoms with Crippen molar-refractivity contribution < 1.29 is 4.74 Å². The monoisotopic (exact) mass is 261 g/mol. The molecule has 0 radical (unpaired) electrons. The van der Waals surface area contributed by atoms with Crippen LogP contribution < -0.4 is 11.1 Å². The largest absolute Gasteiger partial charge is 0.383 e. The van der Waals surface area contributed by atoms with Crippen LogP contribution in [0.1, 0.15) is 31.7 Å². The molecule has 0 amide bonds. The van der Waals surface area contributed by atoms with Gasteiger partial charge in [-0.3, -0.25) is 0 Å². The van der Waals surface area contributed by atoms with E-state index >= 15 is 0 Å². The van der Waals surface area contributed by atoms with Gasteiger partial charge in [-0.15, -0.1) is 0 Å². The average Bonchev–Trinajstić information content (AvgIpc) is 3.03. The molecular formula is C15H23N3O. The Morgan fingerprint density at radius 1 is 1.53 bits per heavy atom. The Morgan fingerprint density at radius 3 is 3.05 bits per heavy atom. The minimum Gasteiger partial charge on any atom is -0.383 e. The number of pyridine rings is 1. The van der Waals surface area contributed by atoms with Gasteiger partial charge in [0.15, 0.2) is 0 Å². The molecule has 1 aromatic rings. The lowest BCUT2D eigenvalue weighted by atomic mass is 9.81. The van der Waals surface area contributed by atoms with E-state index in [1.54, 1.807) is 6.20 Å². The predicted molar refractivity (Wildman–Crippen MR) is 75.8 cm³/mol.